The highest BCUT2D eigenvalue weighted by molar-refractivity contribution is 5.60. The van der Waals surface area contributed by atoms with Gasteiger partial charge in [-0.2, -0.15) is 5.10 Å². The highest BCUT2D eigenvalue weighted by Crippen LogP contribution is 2.18. The minimum Gasteiger partial charge on any atom is -0.350 e. The van der Waals surface area contributed by atoms with Crippen molar-refractivity contribution < 1.29 is 9.47 Å². The van der Waals surface area contributed by atoms with Crippen molar-refractivity contribution in [1.29, 1.82) is 0 Å². The van der Waals surface area contributed by atoms with Gasteiger partial charge >= 0.3 is 0 Å². The molecule has 17 heavy (non-hydrogen) atoms. The molecule has 1 aliphatic heterocycles. The van der Waals surface area contributed by atoms with E-state index in [1.165, 1.54) is 19.3 Å². The first kappa shape index (κ1) is 14.5. The molecule has 0 saturated carbocycles. The second-order valence-electron chi connectivity index (χ2n) is 4.76. The summed E-state index contributed by atoms with van der Waals surface area (Å²) in [5, 5.41) is 6.20. The lowest BCUT2D eigenvalue weighted by atomic mass is 9.98. The molecule has 0 spiro atoms. The summed E-state index contributed by atoms with van der Waals surface area (Å²) in [4.78, 5) is 0. The highest BCUT2D eigenvalue weighted by atomic mass is 16.7. The predicted molar refractivity (Wildman–Crippen MR) is 70.1 cm³/mol. The first-order valence-corrected chi connectivity index (χ1v) is 6.67. The van der Waals surface area contributed by atoms with E-state index in [-0.39, 0.29) is 6.29 Å². The fourth-order valence-corrected chi connectivity index (χ4v) is 1.91. The van der Waals surface area contributed by atoms with Crippen molar-refractivity contribution in [2.24, 2.45) is 11.0 Å². The van der Waals surface area contributed by atoms with Crippen LogP contribution >= 0.6 is 0 Å². The Morgan fingerprint density at radius 3 is 2.59 bits per heavy atom. The molecule has 1 saturated heterocycles. The zero-order valence-electron chi connectivity index (χ0n) is 11.4. The van der Waals surface area contributed by atoms with Gasteiger partial charge in [-0.1, -0.05) is 19.8 Å². The number of hydrogen-bond donors (Lipinski definition) is 0. The van der Waals surface area contributed by atoms with E-state index in [1.807, 2.05) is 19.1 Å². The van der Waals surface area contributed by atoms with E-state index in [0.717, 1.165) is 26.1 Å². The van der Waals surface area contributed by atoms with Gasteiger partial charge < -0.3 is 14.5 Å². The molecule has 1 atom stereocenters. The van der Waals surface area contributed by atoms with E-state index in [0.29, 0.717) is 5.92 Å². The smallest absolute Gasteiger partial charge is 0.157 e. The minimum absolute atomic E-state index is 0.0203. The zero-order valence-corrected chi connectivity index (χ0v) is 11.4. The van der Waals surface area contributed by atoms with Gasteiger partial charge in [0.2, 0.25) is 0 Å². The number of hydrazone groups is 1. The fourth-order valence-electron chi connectivity index (χ4n) is 1.91. The van der Waals surface area contributed by atoms with Crippen LogP contribution in [0.25, 0.3) is 0 Å². The van der Waals surface area contributed by atoms with Crippen LogP contribution in [-0.2, 0) is 9.47 Å². The van der Waals surface area contributed by atoms with Gasteiger partial charge in [-0.05, 0) is 25.2 Å². The second kappa shape index (κ2) is 8.48. The lowest BCUT2D eigenvalue weighted by Gasteiger charge is -2.15. The monoisotopic (exact) mass is 242 g/mol. The maximum Gasteiger partial charge on any atom is 0.157 e. The molecule has 4 heteroatoms. The number of ether oxygens (including phenoxy) is 2. The fraction of sp³-hybridized carbons (Fsp3) is 0.923. The van der Waals surface area contributed by atoms with Gasteiger partial charge in [0, 0.05) is 20.3 Å². The quantitative estimate of drug-likeness (QED) is 0.484. The van der Waals surface area contributed by atoms with E-state index < -0.39 is 0 Å². The molecular weight excluding hydrogens is 216 g/mol. The summed E-state index contributed by atoms with van der Waals surface area (Å²) in [6.07, 6.45) is 7.88. The van der Waals surface area contributed by atoms with Gasteiger partial charge in [0.25, 0.3) is 0 Å². The van der Waals surface area contributed by atoms with Crippen LogP contribution in [0.2, 0.25) is 0 Å². The molecule has 1 fully saturated rings. The summed E-state index contributed by atoms with van der Waals surface area (Å²) in [6, 6.07) is 0. The molecule has 0 aromatic carbocycles. The average molecular weight is 242 g/mol. The Morgan fingerprint density at radius 1 is 1.29 bits per heavy atom. The first-order chi connectivity index (χ1) is 8.22. The van der Waals surface area contributed by atoms with E-state index >= 15 is 0 Å². The van der Waals surface area contributed by atoms with Crippen LogP contribution < -0.4 is 0 Å². The van der Waals surface area contributed by atoms with E-state index in [4.69, 9.17) is 9.47 Å². The lowest BCUT2D eigenvalue weighted by Crippen LogP contribution is -2.13. The first-order valence-electron chi connectivity index (χ1n) is 6.67. The van der Waals surface area contributed by atoms with Crippen LogP contribution in [0, 0.1) is 5.92 Å². The molecule has 0 aromatic heterocycles. The van der Waals surface area contributed by atoms with Crippen molar-refractivity contribution in [1.82, 2.24) is 5.01 Å². The maximum absolute atomic E-state index is 5.46. The van der Waals surface area contributed by atoms with Gasteiger partial charge in [0.05, 0.1) is 13.2 Å². The Labute approximate surface area is 105 Å². The highest BCUT2D eigenvalue weighted by Gasteiger charge is 2.17. The van der Waals surface area contributed by atoms with Gasteiger partial charge in [-0.25, -0.2) is 0 Å². The molecule has 4 nitrogen and oxygen atoms in total. The molecule has 1 rings (SSSR count). The summed E-state index contributed by atoms with van der Waals surface area (Å²) >= 11 is 0. The van der Waals surface area contributed by atoms with Crippen molar-refractivity contribution in [2.75, 3.05) is 27.3 Å². The Kier molecular flexibility index (Phi) is 7.21. The van der Waals surface area contributed by atoms with Crippen molar-refractivity contribution in [3.63, 3.8) is 0 Å². The molecule has 0 bridgehead atoms. The average Bonchev–Trinajstić information content (AvgIpc) is 2.80. The van der Waals surface area contributed by atoms with Crippen molar-refractivity contribution in [3.05, 3.63) is 0 Å². The van der Waals surface area contributed by atoms with Crippen LogP contribution in [0.4, 0.5) is 0 Å². The molecule has 0 N–H and O–H groups in total. The maximum atomic E-state index is 5.46. The minimum atomic E-state index is 0.0203. The lowest BCUT2D eigenvalue weighted by molar-refractivity contribution is -0.0490. The predicted octanol–water partition coefficient (Wildman–Crippen LogP) is 2.49. The third-order valence-corrected chi connectivity index (χ3v) is 2.90. The summed E-state index contributed by atoms with van der Waals surface area (Å²) < 4.78 is 10.9. The van der Waals surface area contributed by atoms with E-state index in [2.05, 4.69) is 18.2 Å². The largest absolute Gasteiger partial charge is 0.350 e. The van der Waals surface area contributed by atoms with Crippen molar-refractivity contribution in [2.45, 2.75) is 45.3 Å². The molecule has 0 aliphatic carbocycles. The molecule has 1 heterocycles. The standard InChI is InChI=1S/C13H26N2O2/c1-4-5-6-12(11-14-15(2)3)7-8-13-16-9-10-17-13/h11-13H,4-10H2,1-3H3/b14-11+. The summed E-state index contributed by atoms with van der Waals surface area (Å²) in [5.74, 6) is 0.546. The van der Waals surface area contributed by atoms with E-state index in [1.54, 1.807) is 0 Å². The SMILES string of the molecule is CCCCC(/C=N/N(C)C)CCC1OCCO1. The molecule has 100 valence electrons. The van der Waals surface area contributed by atoms with Crippen LogP contribution in [0.1, 0.15) is 39.0 Å². The Morgan fingerprint density at radius 2 is 2.00 bits per heavy atom. The number of hydrogen-bond acceptors (Lipinski definition) is 4. The molecular formula is C13H26N2O2. The zero-order chi connectivity index (χ0) is 12.5. The molecule has 0 aromatic rings. The summed E-state index contributed by atoms with van der Waals surface area (Å²) in [6.45, 7) is 3.72. The van der Waals surface area contributed by atoms with Crippen LogP contribution in [0.3, 0.4) is 0 Å². The van der Waals surface area contributed by atoms with E-state index in [9.17, 15) is 0 Å². The third-order valence-electron chi connectivity index (χ3n) is 2.90. The Bertz CT molecular complexity index is 213. The van der Waals surface area contributed by atoms with Crippen molar-refractivity contribution in [3.8, 4) is 0 Å². The van der Waals surface area contributed by atoms with Gasteiger partial charge in [-0.3, -0.25) is 0 Å². The molecule has 1 unspecified atom stereocenters. The molecule has 1 aliphatic rings. The molecule has 0 radical (unpaired) electrons. The topological polar surface area (TPSA) is 34.1 Å². The van der Waals surface area contributed by atoms with Gasteiger partial charge in [0.15, 0.2) is 6.29 Å². The normalized spacial score (nSPS) is 19.0. The summed E-state index contributed by atoms with van der Waals surface area (Å²) in [7, 11) is 3.91. The number of rotatable bonds is 8. The van der Waals surface area contributed by atoms with Crippen LogP contribution in [0.15, 0.2) is 5.10 Å². The summed E-state index contributed by atoms with van der Waals surface area (Å²) in [5.41, 5.74) is 0. The second-order valence-corrected chi connectivity index (χ2v) is 4.76. The number of nitrogens with zero attached hydrogens (tertiary/aromatic N) is 2. The van der Waals surface area contributed by atoms with Crippen LogP contribution in [-0.4, -0.2) is 44.8 Å². The van der Waals surface area contributed by atoms with Crippen molar-refractivity contribution >= 4 is 6.21 Å². The van der Waals surface area contributed by atoms with Crippen LogP contribution in [0.5, 0.6) is 0 Å². The Balaban J connectivity index is 2.28. The Hall–Kier alpha value is -0.610. The third kappa shape index (κ3) is 6.64. The molecule has 0 amide bonds. The van der Waals surface area contributed by atoms with Gasteiger partial charge in [0.1, 0.15) is 0 Å². The number of unbranched alkanes of at least 4 members (excludes halogenated alkanes) is 1. The van der Waals surface area contributed by atoms with Gasteiger partial charge in [-0.15, -0.1) is 0 Å².